The van der Waals surface area contributed by atoms with Gasteiger partial charge in [0.05, 0.1) is 4.90 Å². The van der Waals surface area contributed by atoms with Gasteiger partial charge in [-0.15, -0.1) is 0 Å². The smallest absolute Gasteiger partial charge is 0.255 e. The SMILES string of the molecule is CC(=O)c1cccc(NC(=O)c2ccc(CN(C)S(=O)(=O)c3ccc(C)cc3)cc2)c1. The van der Waals surface area contributed by atoms with Gasteiger partial charge in [0.15, 0.2) is 5.78 Å². The van der Waals surface area contributed by atoms with E-state index < -0.39 is 10.0 Å². The van der Waals surface area contributed by atoms with Crippen LogP contribution >= 0.6 is 0 Å². The molecule has 0 bridgehead atoms. The summed E-state index contributed by atoms with van der Waals surface area (Å²) in [6, 6.07) is 20.2. The molecule has 0 aliphatic heterocycles. The maximum atomic E-state index is 12.7. The van der Waals surface area contributed by atoms with Gasteiger partial charge in [-0.1, -0.05) is 42.0 Å². The molecule has 0 saturated carbocycles. The average Bonchev–Trinajstić information content (AvgIpc) is 2.74. The van der Waals surface area contributed by atoms with Crippen LogP contribution in [0.1, 0.15) is 38.8 Å². The van der Waals surface area contributed by atoms with Gasteiger partial charge in [-0.3, -0.25) is 9.59 Å². The topological polar surface area (TPSA) is 83.6 Å². The minimum atomic E-state index is -3.61. The molecule has 3 rings (SSSR count). The molecule has 31 heavy (non-hydrogen) atoms. The largest absolute Gasteiger partial charge is 0.322 e. The van der Waals surface area contributed by atoms with E-state index in [0.717, 1.165) is 11.1 Å². The summed E-state index contributed by atoms with van der Waals surface area (Å²) in [5, 5.41) is 2.77. The molecule has 3 aromatic rings. The molecule has 0 aromatic heterocycles. The van der Waals surface area contributed by atoms with Crippen LogP contribution in [0.5, 0.6) is 0 Å². The van der Waals surface area contributed by atoms with Crippen LogP contribution in [-0.2, 0) is 16.6 Å². The quantitative estimate of drug-likeness (QED) is 0.561. The summed E-state index contributed by atoms with van der Waals surface area (Å²) in [4.78, 5) is 24.2. The number of anilines is 1. The number of carbonyl (C=O) groups excluding carboxylic acids is 2. The number of ketones is 1. The molecule has 0 spiro atoms. The molecule has 0 aliphatic rings. The van der Waals surface area contributed by atoms with E-state index in [0.29, 0.717) is 16.8 Å². The van der Waals surface area contributed by atoms with Crippen LogP contribution in [0.2, 0.25) is 0 Å². The van der Waals surface area contributed by atoms with Crippen molar-refractivity contribution in [3.8, 4) is 0 Å². The third-order valence-corrected chi connectivity index (χ3v) is 6.70. The second-order valence-corrected chi connectivity index (χ2v) is 9.41. The molecule has 0 fully saturated rings. The molecule has 7 heteroatoms. The van der Waals surface area contributed by atoms with Crippen LogP contribution in [0.25, 0.3) is 0 Å². The fourth-order valence-corrected chi connectivity index (χ4v) is 4.17. The van der Waals surface area contributed by atoms with Gasteiger partial charge in [-0.25, -0.2) is 8.42 Å². The molecule has 160 valence electrons. The lowest BCUT2D eigenvalue weighted by Gasteiger charge is -2.17. The Bertz CT molecular complexity index is 1200. The van der Waals surface area contributed by atoms with Crippen LogP contribution in [-0.4, -0.2) is 31.5 Å². The van der Waals surface area contributed by atoms with Crippen LogP contribution in [0.3, 0.4) is 0 Å². The van der Waals surface area contributed by atoms with Crippen molar-refractivity contribution in [3.63, 3.8) is 0 Å². The van der Waals surface area contributed by atoms with E-state index in [1.807, 2.05) is 6.92 Å². The first-order valence-corrected chi connectivity index (χ1v) is 11.1. The Hall–Kier alpha value is -3.29. The van der Waals surface area contributed by atoms with E-state index in [9.17, 15) is 18.0 Å². The van der Waals surface area contributed by atoms with Crippen LogP contribution < -0.4 is 5.32 Å². The summed E-state index contributed by atoms with van der Waals surface area (Å²) < 4.78 is 26.8. The molecular weight excluding hydrogens is 412 g/mol. The molecule has 6 nitrogen and oxygen atoms in total. The first-order valence-electron chi connectivity index (χ1n) is 9.71. The Morgan fingerprint density at radius 3 is 2.16 bits per heavy atom. The van der Waals surface area contributed by atoms with Crippen molar-refractivity contribution in [2.75, 3.05) is 12.4 Å². The van der Waals surface area contributed by atoms with Crippen LogP contribution in [0, 0.1) is 6.92 Å². The van der Waals surface area contributed by atoms with Crippen molar-refractivity contribution in [1.82, 2.24) is 4.31 Å². The summed E-state index contributed by atoms with van der Waals surface area (Å²) in [6.07, 6.45) is 0. The molecule has 0 saturated heterocycles. The Balaban J connectivity index is 1.68. The zero-order chi connectivity index (χ0) is 22.6. The van der Waals surface area contributed by atoms with Gasteiger partial charge in [-0.05, 0) is 55.8 Å². The maximum absolute atomic E-state index is 12.7. The number of aryl methyl sites for hydroxylation is 1. The summed E-state index contributed by atoms with van der Waals surface area (Å²) in [5.74, 6) is -0.391. The molecule has 0 radical (unpaired) electrons. The number of amides is 1. The van der Waals surface area contributed by atoms with Gasteiger partial charge in [0, 0.05) is 30.4 Å². The molecule has 0 atom stereocenters. The number of nitrogens with zero attached hydrogens (tertiary/aromatic N) is 1. The zero-order valence-electron chi connectivity index (χ0n) is 17.6. The third kappa shape index (κ3) is 5.45. The van der Waals surface area contributed by atoms with Gasteiger partial charge in [0.2, 0.25) is 10.0 Å². The van der Waals surface area contributed by atoms with E-state index in [1.54, 1.807) is 72.8 Å². The molecular formula is C24H24N2O4S. The molecule has 1 N–H and O–H groups in total. The van der Waals surface area contributed by atoms with Crippen molar-refractivity contribution in [2.45, 2.75) is 25.3 Å². The van der Waals surface area contributed by atoms with Gasteiger partial charge < -0.3 is 5.32 Å². The number of hydrogen-bond acceptors (Lipinski definition) is 4. The summed E-state index contributed by atoms with van der Waals surface area (Å²) in [6.45, 7) is 3.55. The minimum absolute atomic E-state index is 0.0786. The lowest BCUT2D eigenvalue weighted by Crippen LogP contribution is -2.26. The van der Waals surface area contributed by atoms with Gasteiger partial charge in [0.1, 0.15) is 0 Å². The standard InChI is InChI=1S/C24H24N2O4S/c1-17-7-13-23(14-8-17)31(29,30)26(3)16-19-9-11-20(12-10-19)24(28)25-22-6-4-5-21(15-22)18(2)27/h4-15H,16H2,1-3H3,(H,25,28). The van der Waals surface area contributed by atoms with Crippen molar-refractivity contribution >= 4 is 27.4 Å². The Kier molecular flexibility index (Phi) is 6.68. The maximum Gasteiger partial charge on any atom is 0.255 e. The second kappa shape index (κ2) is 9.24. The van der Waals surface area contributed by atoms with E-state index in [-0.39, 0.29) is 23.1 Å². The summed E-state index contributed by atoms with van der Waals surface area (Å²) in [7, 11) is -2.08. The van der Waals surface area contributed by atoms with E-state index in [2.05, 4.69) is 5.32 Å². The minimum Gasteiger partial charge on any atom is -0.322 e. The summed E-state index contributed by atoms with van der Waals surface area (Å²) in [5.41, 5.74) is 3.23. The van der Waals surface area contributed by atoms with E-state index >= 15 is 0 Å². The Labute approximate surface area is 182 Å². The predicted octanol–water partition coefficient (Wildman–Crippen LogP) is 4.27. The van der Waals surface area contributed by atoms with Crippen molar-refractivity contribution in [1.29, 1.82) is 0 Å². The monoisotopic (exact) mass is 436 g/mol. The fraction of sp³-hybridized carbons (Fsp3) is 0.167. The fourth-order valence-electron chi connectivity index (χ4n) is 3.01. The number of sulfonamides is 1. The third-order valence-electron chi connectivity index (χ3n) is 4.88. The Morgan fingerprint density at radius 2 is 1.55 bits per heavy atom. The second-order valence-electron chi connectivity index (χ2n) is 7.36. The number of carbonyl (C=O) groups is 2. The highest BCUT2D eigenvalue weighted by molar-refractivity contribution is 7.89. The normalized spacial score (nSPS) is 11.4. The van der Waals surface area contributed by atoms with Crippen LogP contribution in [0.15, 0.2) is 77.7 Å². The average molecular weight is 437 g/mol. The lowest BCUT2D eigenvalue weighted by atomic mass is 10.1. The van der Waals surface area contributed by atoms with Gasteiger partial charge >= 0.3 is 0 Å². The molecule has 3 aromatic carbocycles. The highest BCUT2D eigenvalue weighted by Gasteiger charge is 2.20. The van der Waals surface area contributed by atoms with E-state index in [1.165, 1.54) is 18.3 Å². The Morgan fingerprint density at radius 1 is 0.903 bits per heavy atom. The zero-order valence-corrected chi connectivity index (χ0v) is 18.4. The first-order chi connectivity index (χ1) is 14.7. The highest BCUT2D eigenvalue weighted by atomic mass is 32.2. The van der Waals surface area contributed by atoms with Crippen molar-refractivity contribution < 1.29 is 18.0 Å². The number of benzene rings is 3. The lowest BCUT2D eigenvalue weighted by molar-refractivity contribution is 0.101. The van der Waals surface area contributed by atoms with Gasteiger partial charge in [-0.2, -0.15) is 4.31 Å². The summed E-state index contributed by atoms with van der Waals surface area (Å²) >= 11 is 0. The number of rotatable bonds is 7. The van der Waals surface area contributed by atoms with E-state index in [4.69, 9.17) is 0 Å². The molecule has 0 aliphatic carbocycles. The highest BCUT2D eigenvalue weighted by Crippen LogP contribution is 2.18. The molecule has 0 unspecified atom stereocenters. The first kappa shape index (κ1) is 22.4. The van der Waals surface area contributed by atoms with Gasteiger partial charge in [0.25, 0.3) is 5.91 Å². The molecule has 0 heterocycles. The number of nitrogens with one attached hydrogen (secondary N) is 1. The van der Waals surface area contributed by atoms with Crippen molar-refractivity contribution in [3.05, 3.63) is 95.1 Å². The number of Topliss-reactive ketones (excluding diaryl/α,β-unsaturated/α-hetero) is 1. The van der Waals surface area contributed by atoms with Crippen molar-refractivity contribution in [2.24, 2.45) is 0 Å². The molecule has 1 amide bonds. The number of hydrogen-bond donors (Lipinski definition) is 1. The van der Waals surface area contributed by atoms with Crippen LogP contribution in [0.4, 0.5) is 5.69 Å². The predicted molar refractivity (Wildman–Crippen MR) is 121 cm³/mol.